The lowest BCUT2D eigenvalue weighted by Gasteiger charge is -2.05. The van der Waals surface area contributed by atoms with Crippen molar-refractivity contribution in [2.45, 2.75) is 13.0 Å². The molecule has 0 atom stereocenters. The highest BCUT2D eigenvalue weighted by atomic mass is 35.5. The van der Waals surface area contributed by atoms with E-state index in [4.69, 9.17) is 32.4 Å². The number of hydrogen-bond donors (Lipinski definition) is 1. The van der Waals surface area contributed by atoms with E-state index in [-0.39, 0.29) is 0 Å². The molecule has 3 rings (SSSR count). The van der Waals surface area contributed by atoms with Crippen LogP contribution in [0.2, 0.25) is 10.0 Å². The molecule has 1 aromatic heterocycles. The first kappa shape index (κ1) is 17.7. The van der Waals surface area contributed by atoms with E-state index in [9.17, 15) is 0 Å². The summed E-state index contributed by atoms with van der Waals surface area (Å²) in [6, 6.07) is 13.0. The molecule has 0 bridgehead atoms. The van der Waals surface area contributed by atoms with Gasteiger partial charge in [0.1, 0.15) is 5.75 Å². The Labute approximate surface area is 155 Å². The molecule has 5 nitrogen and oxygen atoms in total. The van der Waals surface area contributed by atoms with Crippen LogP contribution in [0, 0.1) is 0 Å². The standard InChI is InChI=1S/C18H17Cl2N3O2/c1-24-15-4-2-3-13(9-15)18-23-22-17(25-18)11-21-8-7-12-5-6-14(19)10-16(12)20/h2-6,9-10,21H,7-8,11H2,1H3. The Morgan fingerprint density at radius 1 is 1.12 bits per heavy atom. The minimum Gasteiger partial charge on any atom is -0.497 e. The number of rotatable bonds is 7. The number of benzene rings is 2. The maximum absolute atomic E-state index is 6.16. The summed E-state index contributed by atoms with van der Waals surface area (Å²) in [5.74, 6) is 1.74. The van der Waals surface area contributed by atoms with Crippen LogP contribution in [0.4, 0.5) is 0 Å². The van der Waals surface area contributed by atoms with Gasteiger partial charge in [-0.05, 0) is 48.9 Å². The van der Waals surface area contributed by atoms with Gasteiger partial charge in [0.25, 0.3) is 0 Å². The summed E-state index contributed by atoms with van der Waals surface area (Å²) in [6.45, 7) is 1.22. The zero-order chi connectivity index (χ0) is 17.6. The molecule has 0 aliphatic rings. The molecule has 0 radical (unpaired) electrons. The molecule has 0 saturated heterocycles. The Morgan fingerprint density at radius 3 is 2.80 bits per heavy atom. The Hall–Kier alpha value is -2.08. The molecule has 0 aliphatic heterocycles. The predicted molar refractivity (Wildman–Crippen MR) is 98.2 cm³/mol. The summed E-state index contributed by atoms with van der Waals surface area (Å²) < 4.78 is 10.9. The Morgan fingerprint density at radius 2 is 2.00 bits per heavy atom. The molecule has 1 heterocycles. The van der Waals surface area contributed by atoms with E-state index in [1.807, 2.05) is 36.4 Å². The van der Waals surface area contributed by atoms with Crippen molar-refractivity contribution in [3.8, 4) is 17.2 Å². The molecule has 2 aromatic carbocycles. The molecule has 0 amide bonds. The first-order valence-corrected chi connectivity index (χ1v) is 8.53. The van der Waals surface area contributed by atoms with Crippen molar-refractivity contribution in [2.24, 2.45) is 0 Å². The fourth-order valence-corrected chi connectivity index (χ4v) is 2.84. The zero-order valence-electron chi connectivity index (χ0n) is 13.6. The number of ether oxygens (including phenoxy) is 1. The van der Waals surface area contributed by atoms with Crippen molar-refractivity contribution < 1.29 is 9.15 Å². The zero-order valence-corrected chi connectivity index (χ0v) is 15.1. The molecule has 130 valence electrons. The Kier molecular flexibility index (Phi) is 5.91. The average molecular weight is 378 g/mol. The quantitative estimate of drug-likeness (QED) is 0.618. The number of aromatic nitrogens is 2. The molecular weight excluding hydrogens is 361 g/mol. The monoisotopic (exact) mass is 377 g/mol. The molecule has 0 saturated carbocycles. The lowest BCUT2D eigenvalue weighted by Crippen LogP contribution is -2.17. The lowest BCUT2D eigenvalue weighted by molar-refractivity contribution is 0.414. The fraction of sp³-hybridized carbons (Fsp3) is 0.222. The highest BCUT2D eigenvalue weighted by Gasteiger charge is 2.09. The van der Waals surface area contributed by atoms with Crippen molar-refractivity contribution >= 4 is 23.2 Å². The Bertz CT molecular complexity index is 852. The minimum absolute atomic E-state index is 0.469. The predicted octanol–water partition coefficient (Wildman–Crippen LogP) is 4.38. The smallest absolute Gasteiger partial charge is 0.247 e. The number of nitrogens with one attached hydrogen (secondary N) is 1. The molecule has 25 heavy (non-hydrogen) atoms. The highest BCUT2D eigenvalue weighted by molar-refractivity contribution is 6.35. The third-order valence-electron chi connectivity index (χ3n) is 3.65. The summed E-state index contributed by atoms with van der Waals surface area (Å²) >= 11 is 12.1. The van der Waals surface area contributed by atoms with Crippen molar-refractivity contribution in [1.29, 1.82) is 0 Å². The maximum Gasteiger partial charge on any atom is 0.247 e. The second-order valence-corrected chi connectivity index (χ2v) is 6.24. The third kappa shape index (κ3) is 4.72. The molecule has 0 spiro atoms. The van der Waals surface area contributed by atoms with E-state index >= 15 is 0 Å². The third-order valence-corrected chi connectivity index (χ3v) is 4.23. The van der Waals surface area contributed by atoms with Gasteiger partial charge in [0.15, 0.2) is 0 Å². The van der Waals surface area contributed by atoms with Crippen LogP contribution in [0.5, 0.6) is 5.75 Å². The molecule has 3 aromatic rings. The van der Waals surface area contributed by atoms with E-state index in [1.165, 1.54) is 0 Å². The van der Waals surface area contributed by atoms with Crippen LogP contribution in [0.3, 0.4) is 0 Å². The molecule has 0 unspecified atom stereocenters. The van der Waals surface area contributed by atoms with Crippen LogP contribution in [-0.2, 0) is 13.0 Å². The molecular formula is C18H17Cl2N3O2. The highest BCUT2D eigenvalue weighted by Crippen LogP contribution is 2.23. The number of hydrogen-bond acceptors (Lipinski definition) is 5. The van der Waals surface area contributed by atoms with Crippen LogP contribution >= 0.6 is 23.2 Å². The van der Waals surface area contributed by atoms with Crippen molar-refractivity contribution in [3.05, 3.63) is 64.0 Å². The molecule has 7 heteroatoms. The maximum atomic E-state index is 6.16. The summed E-state index contributed by atoms with van der Waals surface area (Å²) in [4.78, 5) is 0. The summed E-state index contributed by atoms with van der Waals surface area (Å²) in [5, 5.41) is 12.7. The first-order valence-electron chi connectivity index (χ1n) is 7.77. The van der Waals surface area contributed by atoms with Crippen molar-refractivity contribution in [2.75, 3.05) is 13.7 Å². The van der Waals surface area contributed by atoms with Crippen molar-refractivity contribution in [3.63, 3.8) is 0 Å². The number of halogens is 2. The summed E-state index contributed by atoms with van der Waals surface area (Å²) in [7, 11) is 1.62. The molecule has 0 fully saturated rings. The van der Waals surface area contributed by atoms with Gasteiger partial charge in [-0.3, -0.25) is 0 Å². The van der Waals surface area contributed by atoms with Gasteiger partial charge < -0.3 is 14.5 Å². The summed E-state index contributed by atoms with van der Waals surface area (Å²) in [6.07, 6.45) is 0.785. The van der Waals surface area contributed by atoms with Gasteiger partial charge in [-0.2, -0.15) is 0 Å². The van der Waals surface area contributed by atoms with Crippen LogP contribution in [0.1, 0.15) is 11.5 Å². The van der Waals surface area contributed by atoms with Gasteiger partial charge in [0, 0.05) is 15.6 Å². The van der Waals surface area contributed by atoms with E-state index in [0.717, 1.165) is 29.8 Å². The van der Waals surface area contributed by atoms with E-state index < -0.39 is 0 Å². The minimum atomic E-state index is 0.469. The summed E-state index contributed by atoms with van der Waals surface area (Å²) in [5.41, 5.74) is 1.87. The van der Waals surface area contributed by atoms with E-state index in [1.54, 1.807) is 13.2 Å². The number of methoxy groups -OCH3 is 1. The topological polar surface area (TPSA) is 60.2 Å². The van der Waals surface area contributed by atoms with E-state index in [2.05, 4.69) is 15.5 Å². The van der Waals surface area contributed by atoms with Gasteiger partial charge in [0.2, 0.25) is 11.8 Å². The molecule has 0 aliphatic carbocycles. The average Bonchev–Trinajstić information content (AvgIpc) is 3.09. The van der Waals surface area contributed by atoms with Crippen LogP contribution in [0.25, 0.3) is 11.5 Å². The van der Waals surface area contributed by atoms with Crippen LogP contribution < -0.4 is 10.1 Å². The van der Waals surface area contributed by atoms with Crippen LogP contribution in [0.15, 0.2) is 46.9 Å². The second-order valence-electron chi connectivity index (χ2n) is 5.40. The van der Waals surface area contributed by atoms with E-state index in [0.29, 0.717) is 28.4 Å². The van der Waals surface area contributed by atoms with Crippen molar-refractivity contribution in [1.82, 2.24) is 15.5 Å². The van der Waals surface area contributed by atoms with Gasteiger partial charge in [-0.1, -0.05) is 35.3 Å². The van der Waals surface area contributed by atoms with Gasteiger partial charge in [-0.25, -0.2) is 0 Å². The van der Waals surface area contributed by atoms with Gasteiger partial charge in [-0.15, -0.1) is 10.2 Å². The first-order chi connectivity index (χ1) is 12.2. The largest absolute Gasteiger partial charge is 0.497 e. The van der Waals surface area contributed by atoms with Gasteiger partial charge in [0.05, 0.1) is 13.7 Å². The molecule has 1 N–H and O–H groups in total. The Balaban J connectivity index is 1.53. The fourth-order valence-electron chi connectivity index (χ4n) is 2.34. The number of nitrogens with zero attached hydrogens (tertiary/aromatic N) is 2. The lowest BCUT2D eigenvalue weighted by atomic mass is 10.1. The normalized spacial score (nSPS) is 10.8. The van der Waals surface area contributed by atoms with Crippen LogP contribution in [-0.4, -0.2) is 23.9 Å². The SMILES string of the molecule is COc1cccc(-c2nnc(CNCCc3ccc(Cl)cc3Cl)o2)c1. The second kappa shape index (κ2) is 8.34. The van der Waals surface area contributed by atoms with Gasteiger partial charge >= 0.3 is 0 Å².